The highest BCUT2D eigenvalue weighted by molar-refractivity contribution is 6.07. The van der Waals surface area contributed by atoms with Crippen molar-refractivity contribution >= 4 is 28.9 Å². The number of nitrogens with zero attached hydrogens (tertiary/aromatic N) is 2. The van der Waals surface area contributed by atoms with Gasteiger partial charge in [-0.15, -0.1) is 0 Å². The van der Waals surface area contributed by atoms with Gasteiger partial charge in [0, 0.05) is 29.9 Å². The minimum Gasteiger partial charge on any atom is -0.322 e. The van der Waals surface area contributed by atoms with Gasteiger partial charge in [-0.25, -0.2) is 0 Å². The van der Waals surface area contributed by atoms with Gasteiger partial charge in [0.05, 0.1) is 4.92 Å². The molecule has 128 valence electrons. The Bertz CT molecular complexity index is 846. The van der Waals surface area contributed by atoms with Gasteiger partial charge in [-0.3, -0.25) is 19.7 Å². The van der Waals surface area contributed by atoms with Gasteiger partial charge in [-0.05, 0) is 43.7 Å². The number of rotatable bonds is 4. The molecular weight excluding hydrogens is 322 g/mol. The molecule has 0 aromatic heterocycles. The number of nitro benzene ring substituents is 1. The molecule has 1 saturated heterocycles. The maximum atomic E-state index is 12.4. The first-order valence-electron chi connectivity index (χ1n) is 7.93. The molecule has 1 fully saturated rings. The number of anilines is 2. The summed E-state index contributed by atoms with van der Waals surface area (Å²) >= 11 is 0. The van der Waals surface area contributed by atoms with Crippen LogP contribution in [0.2, 0.25) is 0 Å². The molecule has 2 aromatic carbocycles. The van der Waals surface area contributed by atoms with Gasteiger partial charge in [0.15, 0.2) is 0 Å². The summed E-state index contributed by atoms with van der Waals surface area (Å²) in [6.07, 6.45) is 1.39. The normalized spacial score (nSPS) is 13.8. The summed E-state index contributed by atoms with van der Waals surface area (Å²) in [6, 6.07) is 11.5. The first-order chi connectivity index (χ1) is 12.0. The largest absolute Gasteiger partial charge is 0.322 e. The summed E-state index contributed by atoms with van der Waals surface area (Å²) in [4.78, 5) is 36.5. The molecule has 25 heavy (non-hydrogen) atoms. The highest BCUT2D eigenvalue weighted by Gasteiger charge is 2.23. The molecule has 0 spiro atoms. The van der Waals surface area contributed by atoms with Crippen LogP contribution in [-0.4, -0.2) is 23.3 Å². The highest BCUT2D eigenvalue weighted by atomic mass is 16.6. The molecule has 0 bridgehead atoms. The smallest absolute Gasteiger partial charge is 0.285 e. The van der Waals surface area contributed by atoms with E-state index in [9.17, 15) is 19.7 Å². The van der Waals surface area contributed by atoms with Crippen molar-refractivity contribution in [1.82, 2.24) is 0 Å². The Labute approximate surface area is 144 Å². The van der Waals surface area contributed by atoms with Crippen LogP contribution in [0.4, 0.5) is 17.1 Å². The number of carbonyl (C=O) groups is 2. The number of nitro groups is 1. The second-order valence-electron chi connectivity index (χ2n) is 5.88. The van der Waals surface area contributed by atoms with Gasteiger partial charge >= 0.3 is 0 Å². The van der Waals surface area contributed by atoms with Gasteiger partial charge in [0.1, 0.15) is 5.56 Å². The van der Waals surface area contributed by atoms with Gasteiger partial charge in [0.2, 0.25) is 5.91 Å². The fourth-order valence-corrected chi connectivity index (χ4v) is 2.93. The van der Waals surface area contributed by atoms with Crippen molar-refractivity contribution in [3.05, 3.63) is 63.7 Å². The third-order valence-corrected chi connectivity index (χ3v) is 4.18. The van der Waals surface area contributed by atoms with Crippen molar-refractivity contribution < 1.29 is 14.5 Å². The number of hydrogen-bond donors (Lipinski definition) is 1. The first kappa shape index (κ1) is 16.6. The predicted molar refractivity (Wildman–Crippen MR) is 93.8 cm³/mol. The minimum atomic E-state index is -0.549. The first-order valence-corrected chi connectivity index (χ1v) is 7.93. The van der Waals surface area contributed by atoms with E-state index in [4.69, 9.17) is 0 Å². The van der Waals surface area contributed by atoms with Crippen molar-refractivity contribution in [2.75, 3.05) is 16.8 Å². The highest BCUT2D eigenvalue weighted by Crippen LogP contribution is 2.26. The summed E-state index contributed by atoms with van der Waals surface area (Å²) in [5, 5.41) is 13.9. The van der Waals surface area contributed by atoms with E-state index in [2.05, 4.69) is 5.32 Å². The van der Waals surface area contributed by atoms with Crippen molar-refractivity contribution in [3.8, 4) is 0 Å². The molecule has 0 radical (unpaired) electrons. The van der Waals surface area contributed by atoms with Crippen molar-refractivity contribution in [2.24, 2.45) is 0 Å². The molecule has 7 heteroatoms. The van der Waals surface area contributed by atoms with Gasteiger partial charge in [-0.1, -0.05) is 12.1 Å². The third kappa shape index (κ3) is 3.35. The van der Waals surface area contributed by atoms with Crippen LogP contribution in [0.25, 0.3) is 0 Å². The SMILES string of the molecule is Cc1cccc(C(=O)Nc2ccc(N3CCCC3=O)cc2)c1[N+](=O)[O-]. The molecule has 7 nitrogen and oxygen atoms in total. The van der Waals surface area contributed by atoms with E-state index in [0.29, 0.717) is 24.2 Å². The van der Waals surface area contributed by atoms with Crippen LogP contribution in [0.1, 0.15) is 28.8 Å². The van der Waals surface area contributed by atoms with E-state index >= 15 is 0 Å². The monoisotopic (exact) mass is 339 g/mol. The molecule has 0 aliphatic carbocycles. The molecule has 3 rings (SSSR count). The van der Waals surface area contributed by atoms with Gasteiger partial charge in [0.25, 0.3) is 11.6 Å². The maximum Gasteiger partial charge on any atom is 0.285 e. The Balaban J connectivity index is 1.79. The lowest BCUT2D eigenvalue weighted by Gasteiger charge is -2.16. The lowest BCUT2D eigenvalue weighted by Crippen LogP contribution is -2.23. The standard InChI is InChI=1S/C18H17N3O4/c1-12-4-2-5-15(17(12)21(24)25)18(23)19-13-7-9-14(10-8-13)20-11-3-6-16(20)22/h2,4-5,7-10H,3,6,11H2,1H3,(H,19,23). The molecule has 0 atom stereocenters. The average Bonchev–Trinajstić information content (AvgIpc) is 3.01. The number of benzene rings is 2. The zero-order valence-electron chi connectivity index (χ0n) is 13.7. The molecule has 1 aliphatic heterocycles. The van der Waals surface area contributed by atoms with Crippen LogP contribution in [0.3, 0.4) is 0 Å². The lowest BCUT2D eigenvalue weighted by atomic mass is 10.1. The lowest BCUT2D eigenvalue weighted by molar-refractivity contribution is -0.385. The number of nitrogens with one attached hydrogen (secondary N) is 1. The van der Waals surface area contributed by atoms with Crippen LogP contribution in [0, 0.1) is 17.0 Å². The van der Waals surface area contributed by atoms with Gasteiger partial charge in [-0.2, -0.15) is 0 Å². The molecule has 1 N–H and O–H groups in total. The van der Waals surface area contributed by atoms with Crippen LogP contribution in [-0.2, 0) is 4.79 Å². The van der Waals surface area contributed by atoms with Crippen molar-refractivity contribution in [3.63, 3.8) is 0 Å². The van der Waals surface area contributed by atoms with E-state index in [1.165, 1.54) is 6.07 Å². The summed E-state index contributed by atoms with van der Waals surface area (Å²) in [6.45, 7) is 2.29. The third-order valence-electron chi connectivity index (χ3n) is 4.18. The number of carbonyl (C=O) groups excluding carboxylic acids is 2. The van der Waals surface area contributed by atoms with E-state index in [-0.39, 0.29) is 17.2 Å². The summed E-state index contributed by atoms with van der Waals surface area (Å²) < 4.78 is 0. The fourth-order valence-electron chi connectivity index (χ4n) is 2.93. The average molecular weight is 339 g/mol. The zero-order valence-corrected chi connectivity index (χ0v) is 13.7. The second-order valence-corrected chi connectivity index (χ2v) is 5.88. The number of para-hydroxylation sites is 1. The number of hydrogen-bond acceptors (Lipinski definition) is 4. The van der Waals surface area contributed by atoms with E-state index in [1.54, 1.807) is 48.2 Å². The predicted octanol–water partition coefficient (Wildman–Crippen LogP) is 3.28. The molecule has 2 amide bonds. The Kier molecular flexibility index (Phi) is 4.47. The second kappa shape index (κ2) is 6.72. The quantitative estimate of drug-likeness (QED) is 0.683. The zero-order chi connectivity index (χ0) is 18.0. The molecule has 1 heterocycles. The Morgan fingerprint density at radius 3 is 2.52 bits per heavy atom. The summed E-state index contributed by atoms with van der Waals surface area (Å²) in [5.41, 5.74) is 1.54. The van der Waals surface area contributed by atoms with Gasteiger partial charge < -0.3 is 10.2 Å². The van der Waals surface area contributed by atoms with E-state index in [0.717, 1.165) is 12.1 Å². The molecular formula is C18H17N3O4. The molecule has 0 saturated carbocycles. The fraction of sp³-hybridized carbons (Fsp3) is 0.222. The summed E-state index contributed by atoms with van der Waals surface area (Å²) in [7, 11) is 0. The Morgan fingerprint density at radius 2 is 1.92 bits per heavy atom. The van der Waals surface area contributed by atoms with Crippen LogP contribution < -0.4 is 10.2 Å². The van der Waals surface area contributed by atoms with E-state index in [1.807, 2.05) is 0 Å². The molecule has 1 aliphatic rings. The summed E-state index contributed by atoms with van der Waals surface area (Å²) in [5.74, 6) is -0.451. The van der Waals surface area contributed by atoms with Crippen LogP contribution in [0.5, 0.6) is 0 Å². The maximum absolute atomic E-state index is 12.4. The topological polar surface area (TPSA) is 92.6 Å². The van der Waals surface area contributed by atoms with Crippen molar-refractivity contribution in [2.45, 2.75) is 19.8 Å². The van der Waals surface area contributed by atoms with Crippen molar-refractivity contribution in [1.29, 1.82) is 0 Å². The van der Waals surface area contributed by atoms with Crippen LogP contribution >= 0.6 is 0 Å². The number of aryl methyl sites for hydroxylation is 1. The van der Waals surface area contributed by atoms with Crippen LogP contribution in [0.15, 0.2) is 42.5 Å². The Hall–Kier alpha value is -3.22. The molecule has 0 unspecified atom stereocenters. The Morgan fingerprint density at radius 1 is 1.20 bits per heavy atom. The van der Waals surface area contributed by atoms with E-state index < -0.39 is 10.8 Å². The minimum absolute atomic E-state index is 0.0174. The molecule has 2 aromatic rings. The number of amides is 2.